The number of halogens is 4. The van der Waals surface area contributed by atoms with E-state index in [9.17, 15) is 18.0 Å². The van der Waals surface area contributed by atoms with E-state index in [1.54, 1.807) is 0 Å². The Morgan fingerprint density at radius 3 is 2.73 bits per heavy atom. The second-order valence-electron chi connectivity index (χ2n) is 8.13. The Kier molecular flexibility index (Phi) is 6.71. The van der Waals surface area contributed by atoms with E-state index < -0.39 is 16.8 Å². The summed E-state index contributed by atoms with van der Waals surface area (Å²) in [6, 6.07) is 11.1. The van der Waals surface area contributed by atoms with E-state index in [0.29, 0.717) is 31.2 Å². The van der Waals surface area contributed by atoms with Crippen LogP contribution in [0.4, 0.5) is 18.9 Å². The summed E-state index contributed by atoms with van der Waals surface area (Å²) in [6.07, 6.45) is -3.19. The fourth-order valence-electron chi connectivity index (χ4n) is 3.81. The Morgan fingerprint density at radius 1 is 1.24 bits per heavy atom. The number of amides is 1. The minimum Gasteiger partial charge on any atom is -0.338 e. The van der Waals surface area contributed by atoms with Gasteiger partial charge in [-0.2, -0.15) is 18.2 Å². The number of hydrogen-bond acceptors (Lipinski definition) is 5. The molecule has 0 spiro atoms. The molecule has 1 amide bonds. The Morgan fingerprint density at radius 2 is 2.00 bits per heavy atom. The monoisotopic (exact) mass is 478 g/mol. The molecule has 3 aromatic rings. The Balaban J connectivity index is 1.38. The van der Waals surface area contributed by atoms with Gasteiger partial charge in [0.1, 0.15) is 0 Å². The van der Waals surface area contributed by atoms with Crippen molar-refractivity contribution in [2.45, 2.75) is 32.5 Å². The number of carbonyl (C=O) groups is 1. The zero-order chi connectivity index (χ0) is 23.6. The Bertz CT molecular complexity index is 1130. The number of carbonyl (C=O) groups excluding carboxylic acids is 1. The van der Waals surface area contributed by atoms with Crippen LogP contribution in [0.3, 0.4) is 0 Å². The molecule has 1 fully saturated rings. The maximum absolute atomic E-state index is 13.1. The quantitative estimate of drug-likeness (QED) is 0.519. The van der Waals surface area contributed by atoms with Gasteiger partial charge < -0.3 is 9.84 Å². The summed E-state index contributed by atoms with van der Waals surface area (Å²) in [7, 11) is 0. The zero-order valence-electron chi connectivity index (χ0n) is 17.8. The lowest BCUT2D eigenvalue weighted by molar-refractivity contribution is -0.137. The lowest BCUT2D eigenvalue weighted by Crippen LogP contribution is -2.40. The average Bonchev–Trinajstić information content (AvgIpc) is 3.23. The van der Waals surface area contributed by atoms with Gasteiger partial charge in [0.15, 0.2) is 0 Å². The van der Waals surface area contributed by atoms with Gasteiger partial charge in [-0.1, -0.05) is 46.6 Å². The maximum atomic E-state index is 13.1. The van der Waals surface area contributed by atoms with Gasteiger partial charge in [-0.15, -0.1) is 0 Å². The average molecular weight is 479 g/mol. The van der Waals surface area contributed by atoms with Crippen LogP contribution in [0.5, 0.6) is 0 Å². The highest BCUT2D eigenvalue weighted by Gasteiger charge is 2.34. The summed E-state index contributed by atoms with van der Waals surface area (Å²) in [5.74, 6) is 0.239. The topological polar surface area (TPSA) is 71.3 Å². The first-order valence-corrected chi connectivity index (χ1v) is 10.9. The van der Waals surface area contributed by atoms with Crippen molar-refractivity contribution in [2.75, 3.05) is 18.4 Å². The van der Waals surface area contributed by atoms with E-state index in [1.807, 2.05) is 36.1 Å². The van der Waals surface area contributed by atoms with Gasteiger partial charge in [-0.05, 0) is 44.5 Å². The number of likely N-dealkylation sites (tertiary alicyclic amines) is 1. The molecule has 1 atom stereocenters. The first-order chi connectivity index (χ1) is 15.7. The fraction of sp³-hybridized carbons (Fsp3) is 0.348. The second kappa shape index (κ2) is 9.52. The predicted molar refractivity (Wildman–Crippen MR) is 118 cm³/mol. The third-order valence-electron chi connectivity index (χ3n) is 5.55. The third-order valence-corrected chi connectivity index (χ3v) is 5.88. The molecular weight excluding hydrogens is 457 g/mol. The van der Waals surface area contributed by atoms with Gasteiger partial charge in [-0.3, -0.25) is 9.69 Å². The molecule has 1 aliphatic rings. The van der Waals surface area contributed by atoms with Crippen molar-refractivity contribution in [2.24, 2.45) is 5.92 Å². The highest BCUT2D eigenvalue weighted by atomic mass is 35.5. The van der Waals surface area contributed by atoms with Crippen molar-refractivity contribution < 1.29 is 22.5 Å². The third kappa shape index (κ3) is 5.72. The molecule has 10 heteroatoms. The summed E-state index contributed by atoms with van der Waals surface area (Å²) >= 11 is 5.65. The van der Waals surface area contributed by atoms with Gasteiger partial charge in [-0.25, -0.2) is 0 Å². The van der Waals surface area contributed by atoms with Crippen molar-refractivity contribution >= 4 is 23.2 Å². The second-order valence-corrected chi connectivity index (χ2v) is 8.54. The summed E-state index contributed by atoms with van der Waals surface area (Å²) in [5, 5.41) is 6.21. The summed E-state index contributed by atoms with van der Waals surface area (Å²) in [4.78, 5) is 19.2. The van der Waals surface area contributed by atoms with Crippen LogP contribution in [-0.4, -0.2) is 34.0 Å². The van der Waals surface area contributed by atoms with Gasteiger partial charge in [0, 0.05) is 17.8 Å². The molecule has 1 aliphatic heterocycles. The number of aryl methyl sites for hydroxylation is 1. The zero-order valence-corrected chi connectivity index (χ0v) is 18.6. The van der Waals surface area contributed by atoms with Crippen LogP contribution >= 0.6 is 11.6 Å². The van der Waals surface area contributed by atoms with Crippen molar-refractivity contribution in [3.63, 3.8) is 0 Å². The highest BCUT2D eigenvalue weighted by molar-refractivity contribution is 6.31. The van der Waals surface area contributed by atoms with Crippen molar-refractivity contribution in [1.29, 1.82) is 0 Å². The van der Waals surface area contributed by atoms with Crippen molar-refractivity contribution in [3.8, 4) is 11.4 Å². The molecule has 1 saturated heterocycles. The summed E-state index contributed by atoms with van der Waals surface area (Å²) < 4.78 is 44.6. The minimum absolute atomic E-state index is 0.0634. The molecule has 33 heavy (non-hydrogen) atoms. The number of hydrogen-bond donors (Lipinski definition) is 1. The van der Waals surface area contributed by atoms with Crippen LogP contribution in [0.2, 0.25) is 5.02 Å². The van der Waals surface area contributed by atoms with Crippen LogP contribution in [0.25, 0.3) is 11.4 Å². The first kappa shape index (κ1) is 23.3. The molecule has 0 bridgehead atoms. The van der Waals surface area contributed by atoms with E-state index in [4.69, 9.17) is 16.1 Å². The van der Waals surface area contributed by atoms with E-state index in [-0.39, 0.29) is 17.5 Å². The van der Waals surface area contributed by atoms with E-state index in [1.165, 1.54) is 6.07 Å². The first-order valence-electron chi connectivity index (χ1n) is 10.5. The number of aromatic nitrogens is 2. The van der Waals surface area contributed by atoms with Crippen molar-refractivity contribution in [3.05, 3.63) is 64.5 Å². The Hall–Kier alpha value is -2.91. The molecule has 174 valence electrons. The molecule has 4 rings (SSSR count). The summed E-state index contributed by atoms with van der Waals surface area (Å²) in [6.45, 7) is 3.58. The lowest BCUT2D eigenvalue weighted by atomic mass is 9.97. The van der Waals surface area contributed by atoms with E-state index in [0.717, 1.165) is 36.2 Å². The van der Waals surface area contributed by atoms with Crippen LogP contribution in [0.1, 0.15) is 29.9 Å². The maximum Gasteiger partial charge on any atom is 0.417 e. The number of piperidine rings is 1. The number of nitrogens with zero attached hydrogens (tertiary/aromatic N) is 3. The molecule has 0 aliphatic carbocycles. The number of alkyl halides is 3. The smallest absolute Gasteiger partial charge is 0.338 e. The molecule has 2 heterocycles. The molecule has 1 aromatic heterocycles. The standard InChI is InChI=1S/C23H22ClF3N4O2/c1-14-4-6-15(7-5-14)21-29-20(33-30-21)13-31-10-2-3-16(12-31)22(32)28-17-8-9-19(24)18(11-17)23(25,26)27/h4-9,11,16H,2-3,10,12-13H2,1H3,(H,28,32). The van der Waals surface area contributed by atoms with Crippen LogP contribution < -0.4 is 5.32 Å². The van der Waals surface area contributed by atoms with E-state index >= 15 is 0 Å². The molecule has 0 saturated carbocycles. The molecule has 0 radical (unpaired) electrons. The van der Waals surface area contributed by atoms with Gasteiger partial charge in [0.2, 0.25) is 17.6 Å². The molecule has 1 unspecified atom stereocenters. The number of nitrogens with one attached hydrogen (secondary N) is 1. The SMILES string of the molecule is Cc1ccc(-c2noc(CN3CCCC(C(=O)Nc4ccc(Cl)c(C(F)(F)F)c4)C3)n2)cc1. The normalized spacial score (nSPS) is 17.2. The number of anilines is 1. The number of benzene rings is 2. The Labute approximate surface area is 193 Å². The predicted octanol–water partition coefficient (Wildman–Crippen LogP) is 5.57. The lowest BCUT2D eigenvalue weighted by Gasteiger charge is -2.30. The molecule has 6 nitrogen and oxygen atoms in total. The van der Waals surface area contributed by atoms with Gasteiger partial charge in [0.25, 0.3) is 0 Å². The highest BCUT2D eigenvalue weighted by Crippen LogP contribution is 2.36. The summed E-state index contributed by atoms with van der Waals surface area (Å²) in [5.41, 5.74) is 1.07. The van der Waals surface area contributed by atoms with Crippen LogP contribution in [0, 0.1) is 12.8 Å². The minimum atomic E-state index is -4.60. The fourth-order valence-corrected chi connectivity index (χ4v) is 4.03. The molecular formula is C23H22ClF3N4O2. The number of rotatable bonds is 5. The largest absolute Gasteiger partial charge is 0.417 e. The van der Waals surface area contributed by atoms with Crippen LogP contribution in [0.15, 0.2) is 47.0 Å². The van der Waals surface area contributed by atoms with Crippen molar-refractivity contribution in [1.82, 2.24) is 15.0 Å². The van der Waals surface area contributed by atoms with E-state index in [2.05, 4.69) is 15.5 Å². The molecule has 2 aromatic carbocycles. The van der Waals surface area contributed by atoms with Gasteiger partial charge >= 0.3 is 6.18 Å². The van der Waals surface area contributed by atoms with Crippen LogP contribution in [-0.2, 0) is 17.5 Å². The van der Waals surface area contributed by atoms with Gasteiger partial charge in [0.05, 0.1) is 23.0 Å². The molecule has 1 N–H and O–H groups in total.